The Morgan fingerprint density at radius 2 is 2.25 bits per heavy atom. The molecule has 1 amide bonds. The lowest BCUT2D eigenvalue weighted by molar-refractivity contribution is -0.131. The fourth-order valence-electron chi connectivity index (χ4n) is 2.37. The van der Waals surface area contributed by atoms with Crippen LogP contribution in [0.5, 0.6) is 0 Å². The average Bonchev–Trinajstić information content (AvgIpc) is 3.13. The zero-order chi connectivity index (χ0) is 17.3. The number of rotatable bonds is 7. The first kappa shape index (κ1) is 17.1. The summed E-state index contributed by atoms with van der Waals surface area (Å²) in [5, 5.41) is 1.91. The van der Waals surface area contributed by atoms with Gasteiger partial charge in [0.2, 0.25) is 5.91 Å². The molecule has 1 fully saturated rings. The molecule has 1 aliphatic rings. The molecule has 2 aromatic rings. The average molecular weight is 368 g/mol. The topological polar surface area (TPSA) is 84.3 Å². The molecule has 0 atom stereocenters. The van der Waals surface area contributed by atoms with Crippen LogP contribution in [0.4, 0.5) is 0 Å². The fourth-order valence-corrected chi connectivity index (χ4v) is 4.08. The smallest absolute Gasteiger partial charge is 0.260 e. The molecule has 24 heavy (non-hydrogen) atoms. The zero-order valence-corrected chi connectivity index (χ0v) is 15.2. The quantitative estimate of drug-likeness (QED) is 0.797. The molecule has 3 rings (SSSR count). The van der Waals surface area contributed by atoms with Crippen molar-refractivity contribution in [1.82, 2.24) is 19.2 Å². The Bertz CT molecular complexity index is 804. The standard InChI is InChI=1S/C15H20N4O3S2/c1-11-17-14(10-18(11)2)24(21,22)16-8-15(20)19(12-5-6-12)9-13-4-3-7-23-13/h3-4,7,10,12,16H,5-6,8-9H2,1-2H3. The lowest BCUT2D eigenvalue weighted by Gasteiger charge is -2.21. The summed E-state index contributed by atoms with van der Waals surface area (Å²) in [6.45, 7) is 2.01. The van der Waals surface area contributed by atoms with Crippen LogP contribution >= 0.6 is 11.3 Å². The van der Waals surface area contributed by atoms with E-state index < -0.39 is 10.0 Å². The first-order valence-corrected chi connectivity index (χ1v) is 10.0. The molecule has 9 heteroatoms. The Morgan fingerprint density at radius 3 is 2.79 bits per heavy atom. The Balaban J connectivity index is 1.64. The van der Waals surface area contributed by atoms with Crippen molar-refractivity contribution < 1.29 is 13.2 Å². The maximum absolute atomic E-state index is 12.5. The molecule has 7 nitrogen and oxygen atoms in total. The third-order valence-corrected chi connectivity index (χ3v) is 6.12. The third kappa shape index (κ3) is 3.85. The first-order chi connectivity index (χ1) is 11.4. The number of aromatic nitrogens is 2. The summed E-state index contributed by atoms with van der Waals surface area (Å²) in [6, 6.07) is 4.15. The van der Waals surface area contributed by atoms with Crippen LogP contribution in [0.15, 0.2) is 28.7 Å². The zero-order valence-electron chi connectivity index (χ0n) is 13.6. The van der Waals surface area contributed by atoms with Gasteiger partial charge in [-0.2, -0.15) is 0 Å². The third-order valence-electron chi connectivity index (χ3n) is 3.99. The van der Waals surface area contributed by atoms with Crippen molar-refractivity contribution in [2.45, 2.75) is 37.4 Å². The summed E-state index contributed by atoms with van der Waals surface area (Å²) in [5.41, 5.74) is 0. The molecule has 0 spiro atoms. The minimum Gasteiger partial charge on any atom is -0.337 e. The number of nitrogens with zero attached hydrogens (tertiary/aromatic N) is 3. The number of carbonyl (C=O) groups is 1. The lowest BCUT2D eigenvalue weighted by Crippen LogP contribution is -2.40. The minimum atomic E-state index is -3.78. The van der Waals surface area contributed by atoms with Crippen molar-refractivity contribution in [2.75, 3.05) is 6.54 Å². The fraction of sp³-hybridized carbons (Fsp3) is 0.467. The molecule has 130 valence electrons. The Kier molecular flexibility index (Phi) is 4.75. The predicted molar refractivity (Wildman–Crippen MR) is 91.0 cm³/mol. The van der Waals surface area contributed by atoms with Gasteiger partial charge in [-0.1, -0.05) is 6.07 Å². The maximum Gasteiger partial charge on any atom is 0.260 e. The predicted octanol–water partition coefficient (Wildman–Crippen LogP) is 1.26. The van der Waals surface area contributed by atoms with E-state index in [1.807, 2.05) is 17.5 Å². The molecule has 1 aliphatic carbocycles. The van der Waals surface area contributed by atoms with Crippen molar-refractivity contribution >= 4 is 27.3 Å². The van der Waals surface area contributed by atoms with Gasteiger partial charge in [0.1, 0.15) is 5.82 Å². The van der Waals surface area contributed by atoms with E-state index in [9.17, 15) is 13.2 Å². The van der Waals surface area contributed by atoms with Gasteiger partial charge >= 0.3 is 0 Å². The van der Waals surface area contributed by atoms with Crippen molar-refractivity contribution in [1.29, 1.82) is 0 Å². The van der Waals surface area contributed by atoms with Crippen LogP contribution in [-0.4, -0.2) is 41.4 Å². The van der Waals surface area contributed by atoms with Gasteiger partial charge in [-0.15, -0.1) is 11.3 Å². The molecule has 0 aliphatic heterocycles. The van der Waals surface area contributed by atoms with Crippen molar-refractivity contribution in [3.05, 3.63) is 34.4 Å². The second-order valence-corrected chi connectivity index (χ2v) is 8.64. The molecule has 1 N–H and O–H groups in total. The van der Waals surface area contributed by atoms with E-state index in [1.165, 1.54) is 6.20 Å². The number of aryl methyl sites for hydroxylation is 2. The van der Waals surface area contributed by atoms with Gasteiger partial charge in [0, 0.05) is 24.2 Å². The molecule has 1 saturated carbocycles. The number of hydrogen-bond donors (Lipinski definition) is 1. The molecule has 0 unspecified atom stereocenters. The summed E-state index contributed by atoms with van der Waals surface area (Å²) >= 11 is 1.59. The highest BCUT2D eigenvalue weighted by Gasteiger charge is 2.33. The number of amides is 1. The Hall–Kier alpha value is -1.71. The highest BCUT2D eigenvalue weighted by molar-refractivity contribution is 7.89. The highest BCUT2D eigenvalue weighted by Crippen LogP contribution is 2.29. The van der Waals surface area contributed by atoms with Crippen LogP contribution in [0.3, 0.4) is 0 Å². The van der Waals surface area contributed by atoms with Gasteiger partial charge in [-0.3, -0.25) is 4.79 Å². The number of thiophene rings is 1. The van der Waals surface area contributed by atoms with Crippen LogP contribution in [-0.2, 0) is 28.4 Å². The van der Waals surface area contributed by atoms with Crippen molar-refractivity contribution in [3.8, 4) is 0 Å². The Morgan fingerprint density at radius 1 is 1.50 bits per heavy atom. The number of nitrogens with one attached hydrogen (secondary N) is 1. The number of sulfonamides is 1. The number of carbonyl (C=O) groups excluding carboxylic acids is 1. The van der Waals surface area contributed by atoms with E-state index in [1.54, 1.807) is 34.8 Å². The SMILES string of the molecule is Cc1nc(S(=O)(=O)NCC(=O)N(Cc2cccs2)C2CC2)cn1C. The van der Waals surface area contributed by atoms with Crippen LogP contribution < -0.4 is 4.72 Å². The van der Waals surface area contributed by atoms with Crippen LogP contribution in [0.25, 0.3) is 0 Å². The molecular formula is C15H20N4O3S2. The van der Waals surface area contributed by atoms with E-state index in [-0.39, 0.29) is 23.5 Å². The van der Waals surface area contributed by atoms with E-state index in [0.29, 0.717) is 12.4 Å². The van der Waals surface area contributed by atoms with E-state index in [4.69, 9.17) is 0 Å². The van der Waals surface area contributed by atoms with Gasteiger partial charge in [-0.05, 0) is 31.2 Å². The molecular weight excluding hydrogens is 348 g/mol. The molecule has 2 heterocycles. The minimum absolute atomic E-state index is 0.0634. The monoisotopic (exact) mass is 368 g/mol. The molecule has 2 aromatic heterocycles. The molecule has 0 saturated heterocycles. The number of imidazole rings is 1. The largest absolute Gasteiger partial charge is 0.337 e. The second kappa shape index (κ2) is 6.66. The summed E-state index contributed by atoms with van der Waals surface area (Å²) < 4.78 is 28.5. The summed E-state index contributed by atoms with van der Waals surface area (Å²) in [4.78, 5) is 19.3. The van der Waals surface area contributed by atoms with E-state index in [2.05, 4.69) is 9.71 Å². The summed E-state index contributed by atoms with van der Waals surface area (Å²) in [5.74, 6) is 0.390. The maximum atomic E-state index is 12.5. The van der Waals surface area contributed by atoms with E-state index >= 15 is 0 Å². The van der Waals surface area contributed by atoms with Gasteiger partial charge in [0.15, 0.2) is 5.03 Å². The Labute approximate surface area is 145 Å². The van der Waals surface area contributed by atoms with Crippen LogP contribution in [0.2, 0.25) is 0 Å². The molecule has 0 bridgehead atoms. The summed E-state index contributed by atoms with van der Waals surface area (Å²) in [7, 11) is -2.06. The lowest BCUT2D eigenvalue weighted by atomic mass is 10.3. The van der Waals surface area contributed by atoms with Crippen molar-refractivity contribution in [2.24, 2.45) is 7.05 Å². The van der Waals surface area contributed by atoms with Crippen LogP contribution in [0, 0.1) is 6.92 Å². The van der Waals surface area contributed by atoms with Gasteiger partial charge in [-0.25, -0.2) is 18.1 Å². The second-order valence-electron chi connectivity index (χ2n) is 5.89. The molecule has 0 radical (unpaired) electrons. The van der Waals surface area contributed by atoms with Gasteiger partial charge < -0.3 is 9.47 Å². The van der Waals surface area contributed by atoms with Crippen LogP contribution in [0.1, 0.15) is 23.5 Å². The van der Waals surface area contributed by atoms with E-state index in [0.717, 1.165) is 17.7 Å². The van der Waals surface area contributed by atoms with Gasteiger partial charge in [0.25, 0.3) is 10.0 Å². The number of hydrogen-bond acceptors (Lipinski definition) is 5. The summed E-state index contributed by atoms with van der Waals surface area (Å²) in [6.07, 6.45) is 3.39. The van der Waals surface area contributed by atoms with Crippen molar-refractivity contribution in [3.63, 3.8) is 0 Å². The highest BCUT2D eigenvalue weighted by atomic mass is 32.2. The van der Waals surface area contributed by atoms with Gasteiger partial charge in [0.05, 0.1) is 13.1 Å². The molecule has 0 aromatic carbocycles. The first-order valence-electron chi connectivity index (χ1n) is 7.68. The normalized spacial score (nSPS) is 14.8.